The molecule has 2 aromatic carbocycles. The molecule has 19 heavy (non-hydrogen) atoms. The molecular weight excluding hydrogens is 272 g/mol. The Labute approximate surface area is 122 Å². The zero-order valence-corrected chi connectivity index (χ0v) is 12.0. The lowest BCUT2D eigenvalue weighted by Gasteiger charge is -2.10. The summed E-state index contributed by atoms with van der Waals surface area (Å²) < 4.78 is 5.76. The zero-order chi connectivity index (χ0) is 12.9. The van der Waals surface area contributed by atoms with Crippen LogP contribution in [-0.2, 0) is 4.74 Å². The van der Waals surface area contributed by atoms with Crippen molar-refractivity contribution in [2.45, 2.75) is 4.90 Å². The Morgan fingerprint density at radius 1 is 0.947 bits per heavy atom. The highest BCUT2D eigenvalue weighted by atomic mass is 32.2. The number of benzene rings is 2. The minimum atomic E-state index is 0.811. The second kappa shape index (κ2) is 6.22. The van der Waals surface area contributed by atoms with Gasteiger partial charge in [0.25, 0.3) is 0 Å². The van der Waals surface area contributed by atoms with Gasteiger partial charge < -0.3 is 4.74 Å². The van der Waals surface area contributed by atoms with Crippen LogP contribution in [0.4, 0.5) is 0 Å². The third kappa shape index (κ3) is 3.17. The summed E-state index contributed by atoms with van der Waals surface area (Å²) in [7, 11) is 0. The summed E-state index contributed by atoms with van der Waals surface area (Å²) in [6.45, 7) is 0.811. The summed E-state index contributed by atoms with van der Waals surface area (Å²) in [5.41, 5.74) is 1.22. The van der Waals surface area contributed by atoms with Crippen LogP contribution < -0.4 is 0 Å². The molecule has 0 aromatic heterocycles. The molecule has 0 unspecified atom stereocenters. The average Bonchev–Trinajstić information content (AvgIpc) is 3.01. The van der Waals surface area contributed by atoms with E-state index in [-0.39, 0.29) is 0 Å². The Balaban J connectivity index is 1.96. The molecule has 1 heterocycles. The normalized spacial score (nSPS) is 17.1. The first-order valence-corrected chi connectivity index (χ1v) is 8.02. The van der Waals surface area contributed by atoms with Gasteiger partial charge in [-0.25, -0.2) is 0 Å². The molecule has 3 rings (SSSR count). The molecule has 0 spiro atoms. The van der Waals surface area contributed by atoms with Crippen molar-refractivity contribution in [2.24, 2.45) is 0 Å². The summed E-state index contributed by atoms with van der Waals surface area (Å²) in [4.78, 5) is 2.46. The second-order valence-corrected chi connectivity index (χ2v) is 6.25. The van der Waals surface area contributed by atoms with Crippen molar-refractivity contribution < 1.29 is 4.74 Å². The number of rotatable bonds is 3. The Kier molecular flexibility index (Phi) is 4.16. The Morgan fingerprint density at radius 3 is 2.26 bits per heavy atom. The van der Waals surface area contributed by atoms with Gasteiger partial charge in [0, 0.05) is 10.6 Å². The molecule has 0 aliphatic carbocycles. The van der Waals surface area contributed by atoms with Gasteiger partial charge in [-0.15, -0.1) is 0 Å². The van der Waals surface area contributed by atoms with Crippen molar-refractivity contribution in [3.8, 4) is 0 Å². The largest absolute Gasteiger partial charge is 0.485 e. The van der Waals surface area contributed by atoms with Gasteiger partial charge in [0.1, 0.15) is 0 Å². The molecule has 0 radical (unpaired) electrons. The molecule has 3 heteroatoms. The average molecular weight is 286 g/mol. The first kappa shape index (κ1) is 12.7. The predicted octanol–water partition coefficient (Wildman–Crippen LogP) is 4.87. The molecule has 2 aromatic rings. The molecule has 1 nitrogen and oxygen atoms in total. The molecule has 1 aliphatic rings. The number of hydrogen-bond donors (Lipinski definition) is 0. The van der Waals surface area contributed by atoms with Crippen LogP contribution in [0.5, 0.6) is 0 Å². The van der Waals surface area contributed by atoms with E-state index in [1.807, 2.05) is 12.1 Å². The van der Waals surface area contributed by atoms with Gasteiger partial charge in [-0.2, -0.15) is 0 Å². The second-order valence-electron chi connectivity index (χ2n) is 4.09. The Bertz CT molecular complexity index is 556. The summed E-state index contributed by atoms with van der Waals surface area (Å²) in [5.74, 6) is 1.04. The van der Waals surface area contributed by atoms with E-state index in [0.29, 0.717) is 0 Å². The predicted molar refractivity (Wildman–Crippen MR) is 84.1 cm³/mol. The maximum Gasteiger partial charge on any atom is 0.167 e. The van der Waals surface area contributed by atoms with E-state index in [1.165, 1.54) is 15.4 Å². The summed E-state index contributed by atoms with van der Waals surface area (Å²) in [6.07, 6.45) is 0. The van der Waals surface area contributed by atoms with Gasteiger partial charge in [-0.05, 0) is 17.7 Å². The van der Waals surface area contributed by atoms with Gasteiger partial charge in [-0.3, -0.25) is 0 Å². The minimum Gasteiger partial charge on any atom is -0.485 e. The van der Waals surface area contributed by atoms with Crippen molar-refractivity contribution in [3.63, 3.8) is 0 Å². The van der Waals surface area contributed by atoms with Crippen molar-refractivity contribution in [1.82, 2.24) is 0 Å². The van der Waals surface area contributed by atoms with Crippen molar-refractivity contribution >= 4 is 28.4 Å². The van der Waals surface area contributed by atoms with Crippen molar-refractivity contribution in [2.75, 3.05) is 12.4 Å². The fraction of sp³-hybridized carbons (Fsp3) is 0.125. The maximum absolute atomic E-state index is 5.76. The van der Waals surface area contributed by atoms with E-state index in [0.717, 1.165) is 17.5 Å². The number of thioether (sulfide) groups is 2. The highest BCUT2D eigenvalue weighted by Crippen LogP contribution is 2.42. The van der Waals surface area contributed by atoms with E-state index >= 15 is 0 Å². The molecule has 0 saturated carbocycles. The lowest BCUT2D eigenvalue weighted by atomic mass is 10.2. The van der Waals surface area contributed by atoms with Gasteiger partial charge in [0.15, 0.2) is 5.09 Å². The van der Waals surface area contributed by atoms with E-state index in [2.05, 4.69) is 48.5 Å². The highest BCUT2D eigenvalue weighted by Gasteiger charge is 2.17. The van der Waals surface area contributed by atoms with Crippen LogP contribution in [-0.4, -0.2) is 12.4 Å². The third-order valence-corrected chi connectivity index (χ3v) is 4.95. The monoisotopic (exact) mass is 286 g/mol. The number of ether oxygens (including phenoxy) is 1. The molecule has 96 valence electrons. The number of hydrogen-bond acceptors (Lipinski definition) is 3. The topological polar surface area (TPSA) is 9.23 Å². The molecule has 1 aliphatic heterocycles. The fourth-order valence-electron chi connectivity index (χ4n) is 1.86. The first-order valence-electron chi connectivity index (χ1n) is 6.22. The van der Waals surface area contributed by atoms with Crippen LogP contribution in [0.2, 0.25) is 0 Å². The summed E-state index contributed by atoms with van der Waals surface area (Å²) in [6, 6.07) is 20.9. The first-order chi connectivity index (χ1) is 9.43. The van der Waals surface area contributed by atoms with Gasteiger partial charge >= 0.3 is 0 Å². The highest BCUT2D eigenvalue weighted by molar-refractivity contribution is 8.10. The minimum absolute atomic E-state index is 0.811. The molecule has 1 fully saturated rings. The van der Waals surface area contributed by atoms with Crippen LogP contribution in [0.1, 0.15) is 5.56 Å². The van der Waals surface area contributed by atoms with Crippen LogP contribution in [0.15, 0.2) is 70.7 Å². The lowest BCUT2D eigenvalue weighted by molar-refractivity contribution is 0.277. The quantitative estimate of drug-likeness (QED) is 0.745. The van der Waals surface area contributed by atoms with Gasteiger partial charge in [0.2, 0.25) is 0 Å². The molecule has 0 amide bonds. The van der Waals surface area contributed by atoms with Crippen LogP contribution in [0.25, 0.3) is 4.91 Å². The molecule has 1 saturated heterocycles. The van der Waals surface area contributed by atoms with Crippen molar-refractivity contribution in [3.05, 3.63) is 71.3 Å². The maximum atomic E-state index is 5.76. The fourth-order valence-corrected chi connectivity index (χ4v) is 3.85. The molecule has 0 atom stereocenters. The lowest BCUT2D eigenvalue weighted by Crippen LogP contribution is -1.87. The van der Waals surface area contributed by atoms with Crippen LogP contribution in [0.3, 0.4) is 0 Å². The van der Waals surface area contributed by atoms with Crippen LogP contribution >= 0.6 is 23.5 Å². The van der Waals surface area contributed by atoms with E-state index in [4.69, 9.17) is 4.74 Å². The Hall–Kier alpha value is -1.32. The Morgan fingerprint density at radius 2 is 1.63 bits per heavy atom. The van der Waals surface area contributed by atoms with E-state index in [1.54, 1.807) is 23.5 Å². The van der Waals surface area contributed by atoms with E-state index < -0.39 is 0 Å². The summed E-state index contributed by atoms with van der Waals surface area (Å²) >= 11 is 3.57. The summed E-state index contributed by atoms with van der Waals surface area (Å²) in [5, 5.41) is 1.06. The SMILES string of the molecule is c1ccc(S/C(=C2/OCCS2)c2ccccc2)cc1. The van der Waals surface area contributed by atoms with E-state index in [9.17, 15) is 0 Å². The van der Waals surface area contributed by atoms with Crippen molar-refractivity contribution in [1.29, 1.82) is 0 Å². The molecular formula is C16H14OS2. The third-order valence-electron chi connectivity index (χ3n) is 2.73. The van der Waals surface area contributed by atoms with Gasteiger partial charge in [0.05, 0.1) is 11.5 Å². The molecule has 0 N–H and O–H groups in total. The standard InChI is InChI=1S/C16H14OS2/c1-3-7-13(8-4-1)15(16-17-11-12-18-16)19-14-9-5-2-6-10-14/h1-10H,11-12H2/b16-15-. The van der Waals surface area contributed by atoms with Gasteiger partial charge in [-0.1, -0.05) is 72.1 Å². The smallest absolute Gasteiger partial charge is 0.167 e. The zero-order valence-electron chi connectivity index (χ0n) is 10.4. The van der Waals surface area contributed by atoms with Crippen LogP contribution in [0, 0.1) is 0 Å². The molecule has 0 bridgehead atoms.